The predicted octanol–water partition coefficient (Wildman–Crippen LogP) is 5.29. The Morgan fingerprint density at radius 3 is 2.54 bits per heavy atom. The van der Waals surface area contributed by atoms with Gasteiger partial charge in [0.05, 0.1) is 16.1 Å². The average Bonchev–Trinajstić information content (AvgIpc) is 2.63. The molecule has 2 aromatic rings. The van der Waals surface area contributed by atoms with Crippen molar-refractivity contribution in [2.45, 2.75) is 12.6 Å². The quantitative estimate of drug-likeness (QED) is 0.748. The summed E-state index contributed by atoms with van der Waals surface area (Å²) in [6.07, 6.45) is -0.186. The van der Waals surface area contributed by atoms with Crippen LogP contribution in [0.2, 0.25) is 5.02 Å². The van der Waals surface area contributed by atoms with E-state index in [9.17, 15) is 22.8 Å². The number of ketones is 1. The second-order valence-corrected chi connectivity index (χ2v) is 6.27. The Balaban J connectivity index is 1.98. The van der Waals surface area contributed by atoms with Gasteiger partial charge in [-0.2, -0.15) is 13.2 Å². The average molecular weight is 408 g/mol. The molecule has 0 saturated carbocycles. The summed E-state index contributed by atoms with van der Waals surface area (Å²) in [6.45, 7) is 0. The van der Waals surface area contributed by atoms with Gasteiger partial charge in [-0.3, -0.25) is 9.59 Å². The van der Waals surface area contributed by atoms with Crippen molar-refractivity contribution in [1.82, 2.24) is 5.32 Å². The number of hydrogen-bond donors (Lipinski definition) is 1. The summed E-state index contributed by atoms with van der Waals surface area (Å²) in [6, 6.07) is 8.92. The van der Waals surface area contributed by atoms with Crippen LogP contribution in [0.1, 0.15) is 22.3 Å². The Morgan fingerprint density at radius 1 is 1.11 bits per heavy atom. The van der Waals surface area contributed by atoms with Gasteiger partial charge in [0.2, 0.25) is 0 Å². The van der Waals surface area contributed by atoms with Crippen molar-refractivity contribution in [3.05, 3.63) is 82.5 Å². The summed E-state index contributed by atoms with van der Waals surface area (Å²) in [5, 5.41) is 2.65. The molecular weight excluding hydrogens is 395 g/mol. The molecule has 0 aromatic heterocycles. The lowest BCUT2D eigenvalue weighted by atomic mass is 10.1. The summed E-state index contributed by atoms with van der Waals surface area (Å²) >= 11 is 6.02. The van der Waals surface area contributed by atoms with Gasteiger partial charge in [0.25, 0.3) is 5.91 Å². The highest BCUT2D eigenvalue weighted by atomic mass is 35.5. The van der Waals surface area contributed by atoms with E-state index in [1.54, 1.807) is 24.3 Å². The molecule has 4 nitrogen and oxygen atoms in total. The van der Waals surface area contributed by atoms with E-state index in [1.807, 2.05) is 0 Å². The van der Waals surface area contributed by atoms with Gasteiger partial charge >= 0.3 is 6.18 Å². The zero-order valence-corrected chi connectivity index (χ0v) is 15.0. The fourth-order valence-electron chi connectivity index (χ4n) is 2.48. The fraction of sp³-hybridized carbons (Fsp3) is 0.100. The Morgan fingerprint density at radius 2 is 1.86 bits per heavy atom. The van der Waals surface area contributed by atoms with Crippen molar-refractivity contribution in [2.75, 3.05) is 0 Å². The molecule has 0 spiro atoms. The summed E-state index contributed by atoms with van der Waals surface area (Å²) in [5.41, 5.74) is -1.17. The molecule has 0 radical (unpaired) electrons. The normalized spacial score (nSPS) is 13.9. The molecule has 1 N–H and O–H groups in total. The number of carbonyl (C=O) groups excluding carboxylic acids is 2. The van der Waals surface area contributed by atoms with Gasteiger partial charge in [-0.15, -0.1) is 0 Å². The number of halogens is 4. The number of para-hydroxylation sites is 1. The first-order chi connectivity index (χ1) is 13.2. The molecule has 0 heterocycles. The molecule has 2 aromatic carbocycles. The maximum Gasteiger partial charge on any atom is 0.416 e. The number of rotatable bonds is 4. The number of amides is 1. The molecule has 0 bridgehead atoms. The van der Waals surface area contributed by atoms with E-state index in [2.05, 4.69) is 5.32 Å². The van der Waals surface area contributed by atoms with E-state index in [4.69, 9.17) is 16.3 Å². The van der Waals surface area contributed by atoms with Crippen molar-refractivity contribution in [2.24, 2.45) is 0 Å². The van der Waals surface area contributed by atoms with Crippen LogP contribution in [0, 0.1) is 0 Å². The third kappa shape index (κ3) is 4.61. The first-order valence-corrected chi connectivity index (χ1v) is 8.48. The van der Waals surface area contributed by atoms with Gasteiger partial charge < -0.3 is 10.1 Å². The monoisotopic (exact) mass is 407 g/mol. The van der Waals surface area contributed by atoms with E-state index in [1.165, 1.54) is 18.2 Å². The highest BCUT2D eigenvalue weighted by Crippen LogP contribution is 2.36. The maximum atomic E-state index is 13.1. The molecule has 8 heteroatoms. The molecule has 1 amide bonds. The van der Waals surface area contributed by atoms with Crippen molar-refractivity contribution in [3.63, 3.8) is 0 Å². The van der Waals surface area contributed by atoms with Crippen molar-refractivity contribution in [1.29, 1.82) is 0 Å². The van der Waals surface area contributed by atoms with Crippen LogP contribution in [0.4, 0.5) is 13.2 Å². The first kappa shape index (κ1) is 19.7. The lowest BCUT2D eigenvalue weighted by Crippen LogP contribution is -2.24. The standard InChI is InChI=1S/C20H13ClF3NO3/c21-16-6-1-2-7-18(16)28-17-9-8-12(20(22,23)24)10-15(17)19(27)25-13-4-3-5-14(26)11-13/h1-4,6-11H,5H2,(H,25,27). The molecule has 28 heavy (non-hydrogen) atoms. The zero-order valence-electron chi connectivity index (χ0n) is 14.2. The molecular formula is C20H13ClF3NO3. The van der Waals surface area contributed by atoms with Gasteiger partial charge in [-0.25, -0.2) is 0 Å². The van der Waals surface area contributed by atoms with Gasteiger partial charge in [-0.1, -0.05) is 29.8 Å². The first-order valence-electron chi connectivity index (χ1n) is 8.10. The molecule has 0 unspecified atom stereocenters. The number of allylic oxidation sites excluding steroid dienone is 3. The second kappa shape index (κ2) is 7.90. The van der Waals surface area contributed by atoms with Crippen LogP contribution >= 0.6 is 11.6 Å². The van der Waals surface area contributed by atoms with Crippen LogP contribution in [0.25, 0.3) is 0 Å². The molecule has 1 aliphatic rings. The summed E-state index contributed by atoms with van der Waals surface area (Å²) in [7, 11) is 0. The number of ether oxygens (including phenoxy) is 1. The Bertz CT molecular complexity index is 996. The van der Waals surface area contributed by atoms with E-state index in [0.717, 1.165) is 12.1 Å². The number of benzene rings is 2. The van der Waals surface area contributed by atoms with Crippen LogP contribution in [0.15, 0.2) is 66.4 Å². The van der Waals surface area contributed by atoms with Gasteiger partial charge in [0.1, 0.15) is 11.5 Å². The van der Waals surface area contributed by atoms with Gasteiger partial charge in [0, 0.05) is 18.2 Å². The zero-order chi connectivity index (χ0) is 20.3. The third-order valence-corrected chi connectivity index (χ3v) is 4.11. The second-order valence-electron chi connectivity index (χ2n) is 5.87. The van der Waals surface area contributed by atoms with Crippen LogP contribution in [-0.4, -0.2) is 11.7 Å². The number of alkyl halides is 3. The highest BCUT2D eigenvalue weighted by Gasteiger charge is 2.32. The smallest absolute Gasteiger partial charge is 0.416 e. The topological polar surface area (TPSA) is 55.4 Å². The van der Waals surface area contributed by atoms with Crippen LogP contribution in [0.5, 0.6) is 11.5 Å². The molecule has 0 aliphatic heterocycles. The van der Waals surface area contributed by atoms with Crippen LogP contribution in [0.3, 0.4) is 0 Å². The number of hydrogen-bond acceptors (Lipinski definition) is 3. The molecule has 0 saturated heterocycles. The summed E-state index contributed by atoms with van der Waals surface area (Å²) in [5.74, 6) is -0.997. The van der Waals surface area contributed by atoms with Crippen LogP contribution in [-0.2, 0) is 11.0 Å². The molecule has 0 fully saturated rings. The molecule has 1 aliphatic carbocycles. The van der Waals surface area contributed by atoms with E-state index in [0.29, 0.717) is 6.07 Å². The third-order valence-electron chi connectivity index (χ3n) is 3.80. The molecule has 3 rings (SSSR count). The lowest BCUT2D eigenvalue weighted by molar-refractivity contribution is -0.137. The SMILES string of the molecule is O=C1C=C(NC(=O)c2cc(C(F)(F)F)ccc2Oc2ccccc2Cl)C=CC1. The Labute approximate surface area is 163 Å². The van der Waals surface area contributed by atoms with Crippen molar-refractivity contribution < 1.29 is 27.5 Å². The van der Waals surface area contributed by atoms with E-state index < -0.39 is 17.6 Å². The Kier molecular flexibility index (Phi) is 5.56. The highest BCUT2D eigenvalue weighted by molar-refractivity contribution is 6.32. The van der Waals surface area contributed by atoms with Crippen molar-refractivity contribution in [3.8, 4) is 11.5 Å². The lowest BCUT2D eigenvalue weighted by Gasteiger charge is -2.16. The largest absolute Gasteiger partial charge is 0.455 e. The number of nitrogens with one attached hydrogen (secondary N) is 1. The van der Waals surface area contributed by atoms with Gasteiger partial charge in [0.15, 0.2) is 5.78 Å². The summed E-state index contributed by atoms with van der Waals surface area (Å²) in [4.78, 5) is 24.1. The number of carbonyl (C=O) groups is 2. The van der Waals surface area contributed by atoms with Crippen LogP contribution < -0.4 is 10.1 Å². The minimum absolute atomic E-state index is 0.106. The molecule has 144 valence electrons. The van der Waals surface area contributed by atoms with E-state index in [-0.39, 0.29) is 40.0 Å². The van der Waals surface area contributed by atoms with Gasteiger partial charge in [-0.05, 0) is 36.4 Å². The predicted molar refractivity (Wildman–Crippen MR) is 97.3 cm³/mol. The molecule has 0 atom stereocenters. The minimum Gasteiger partial charge on any atom is -0.455 e. The summed E-state index contributed by atoms with van der Waals surface area (Å²) < 4.78 is 44.9. The fourth-order valence-corrected chi connectivity index (χ4v) is 2.65. The van der Waals surface area contributed by atoms with E-state index >= 15 is 0 Å². The minimum atomic E-state index is -4.64. The Hall–Kier alpha value is -3.06. The van der Waals surface area contributed by atoms with Crippen molar-refractivity contribution >= 4 is 23.3 Å². The maximum absolute atomic E-state index is 13.1.